The van der Waals surface area contributed by atoms with Gasteiger partial charge in [-0.25, -0.2) is 5.09 Å². The first-order chi connectivity index (χ1) is 15.0. The summed E-state index contributed by atoms with van der Waals surface area (Å²) in [6, 6.07) is 30.1. The maximum absolute atomic E-state index is 11.0. The van der Waals surface area contributed by atoms with Crippen molar-refractivity contribution >= 4 is 40.0 Å². The second-order valence-corrected chi connectivity index (χ2v) is 10.8. The lowest BCUT2D eigenvalue weighted by Crippen LogP contribution is -2.25. The first kappa shape index (κ1) is 21.2. The Labute approximate surface area is 186 Å². The molecule has 0 heterocycles. The van der Waals surface area contributed by atoms with E-state index in [1.165, 1.54) is 12.1 Å². The van der Waals surface area contributed by atoms with E-state index in [4.69, 9.17) is 16.3 Å². The first-order valence-electron chi connectivity index (χ1n) is 9.81. The third-order valence-corrected chi connectivity index (χ3v) is 8.38. The van der Waals surface area contributed by atoms with Crippen LogP contribution in [-0.2, 0) is 11.8 Å². The zero-order valence-corrected chi connectivity index (χ0v) is 18.6. The van der Waals surface area contributed by atoms with Gasteiger partial charge in [-0.2, -0.15) is 0 Å². The summed E-state index contributed by atoms with van der Waals surface area (Å²) in [5.41, 5.74) is 1.15. The zero-order valence-electron chi connectivity index (χ0n) is 16.8. The Kier molecular flexibility index (Phi) is 6.14. The number of hydrogen-bond acceptors (Lipinski definition) is 4. The van der Waals surface area contributed by atoms with Crippen molar-refractivity contribution in [3.05, 3.63) is 113 Å². The molecule has 0 saturated carbocycles. The third-order valence-electron chi connectivity index (χ3n) is 5.03. The highest BCUT2D eigenvalue weighted by Gasteiger charge is 2.26. The molecule has 0 saturated heterocycles. The molecule has 0 radical (unpaired) electrons. The van der Waals surface area contributed by atoms with E-state index >= 15 is 0 Å². The predicted octanol–water partition coefficient (Wildman–Crippen LogP) is 6.11. The van der Waals surface area contributed by atoms with Gasteiger partial charge in [0.2, 0.25) is 6.42 Å². The monoisotopic (exact) mass is 448 g/mol. The molecule has 1 N–H and O–H groups in total. The van der Waals surface area contributed by atoms with Crippen molar-refractivity contribution in [2.24, 2.45) is 0 Å². The summed E-state index contributed by atoms with van der Waals surface area (Å²) in [5, 5.41) is 17.8. The quantitative estimate of drug-likeness (QED) is 0.210. The fraction of sp³-hybridized carbons (Fsp3) is 0.0833. The molecule has 4 aromatic carbocycles. The Hall–Kier alpha value is -3.05. The molecule has 0 aliphatic rings. The van der Waals surface area contributed by atoms with Gasteiger partial charge in [-0.1, -0.05) is 60.7 Å². The van der Waals surface area contributed by atoms with Crippen LogP contribution in [0.15, 0.2) is 97.1 Å². The number of fused-ring (bicyclic) bond motifs is 1. The second kappa shape index (κ2) is 8.98. The molecule has 0 amide bonds. The molecule has 0 spiro atoms. The molecule has 0 unspecified atom stereocenters. The Morgan fingerprint density at radius 2 is 1.55 bits per heavy atom. The lowest BCUT2D eigenvalue weighted by atomic mass is 10.0. The van der Waals surface area contributed by atoms with Crippen molar-refractivity contribution in [2.75, 3.05) is 0 Å². The van der Waals surface area contributed by atoms with Crippen LogP contribution in [0.2, 0.25) is 0 Å². The first-order valence-corrected chi connectivity index (χ1v) is 12.5. The van der Waals surface area contributed by atoms with E-state index in [0.29, 0.717) is 5.75 Å². The van der Waals surface area contributed by atoms with E-state index in [2.05, 4.69) is 36.3 Å². The van der Waals surface area contributed by atoms with Crippen molar-refractivity contribution in [3.63, 3.8) is 0 Å². The van der Waals surface area contributed by atoms with Gasteiger partial charge >= 0.3 is 0 Å². The van der Waals surface area contributed by atoms with E-state index in [1.807, 2.05) is 48.5 Å². The van der Waals surface area contributed by atoms with Crippen LogP contribution >= 0.6 is 6.42 Å². The minimum Gasteiger partial charge on any atom is -0.449 e. The molecule has 2 atom stereocenters. The number of hydrogen-bond donors (Lipinski definition) is 1. The summed E-state index contributed by atoms with van der Waals surface area (Å²) < 4.78 is 6.32. The molecule has 0 bridgehead atoms. The van der Waals surface area contributed by atoms with Gasteiger partial charge in [0.1, 0.15) is 5.75 Å². The summed E-state index contributed by atoms with van der Waals surface area (Å²) in [5.74, 6) is 0.496. The van der Waals surface area contributed by atoms with Crippen LogP contribution in [0.3, 0.4) is 0 Å². The topological polar surface area (TPSA) is 64.4 Å². The zero-order chi connectivity index (χ0) is 21.8. The van der Waals surface area contributed by atoms with Crippen LogP contribution in [0.25, 0.3) is 10.8 Å². The number of benzene rings is 4. The van der Waals surface area contributed by atoms with Gasteiger partial charge in [-0.3, -0.25) is 10.1 Å². The molecule has 0 aliphatic heterocycles. The summed E-state index contributed by atoms with van der Waals surface area (Å²) >= 11 is 6.08. The minimum absolute atomic E-state index is 0.0115. The maximum Gasteiger partial charge on any atom is 0.269 e. The smallest absolute Gasteiger partial charge is 0.269 e. The number of rotatable bonds is 7. The van der Waals surface area contributed by atoms with E-state index in [9.17, 15) is 10.1 Å². The van der Waals surface area contributed by atoms with E-state index in [1.54, 1.807) is 12.1 Å². The molecule has 0 aliphatic carbocycles. The van der Waals surface area contributed by atoms with Crippen molar-refractivity contribution < 1.29 is 9.45 Å². The highest BCUT2D eigenvalue weighted by molar-refractivity contribution is 8.15. The molecule has 5 nitrogen and oxygen atoms in total. The molecule has 156 valence electrons. The number of nitrogens with zero attached hydrogens (tertiary/aromatic N) is 1. The Balaban J connectivity index is 1.69. The average molecular weight is 448 g/mol. The van der Waals surface area contributed by atoms with Gasteiger partial charge in [0.25, 0.3) is 5.69 Å². The molecule has 4 aromatic rings. The summed E-state index contributed by atoms with van der Waals surface area (Å²) in [4.78, 5) is 10.5. The molecule has 0 fully saturated rings. The highest BCUT2D eigenvalue weighted by Crippen LogP contribution is 2.45. The number of nitro benzene ring substituents is 1. The standard InChI is InChI=1S/C24H21N2O3PS/c1-18(23-13-7-9-19-8-5-6-12-24(19)23)25-30(31,22-10-3-2-4-11-22)29-21-16-14-20(15-17-21)26(27)28/h2-18H,1H3,(H,25,31)/t18-,30-/m0/s1. The van der Waals surface area contributed by atoms with E-state index < -0.39 is 11.3 Å². The van der Waals surface area contributed by atoms with Gasteiger partial charge < -0.3 is 4.52 Å². The molecule has 31 heavy (non-hydrogen) atoms. The Morgan fingerprint density at radius 1 is 0.903 bits per heavy atom. The highest BCUT2D eigenvalue weighted by atomic mass is 32.4. The van der Waals surface area contributed by atoms with Crippen LogP contribution in [0.4, 0.5) is 5.69 Å². The number of nitro groups is 1. The SMILES string of the molecule is C[C@H](N[P@](=S)(Oc1ccc([N+](=O)[O-])cc1)c1ccccc1)c1cccc2ccccc12. The van der Waals surface area contributed by atoms with Crippen molar-refractivity contribution in [1.29, 1.82) is 0 Å². The second-order valence-electron chi connectivity index (χ2n) is 7.15. The van der Waals surface area contributed by atoms with Gasteiger partial charge in [0.05, 0.1) is 4.92 Å². The largest absolute Gasteiger partial charge is 0.449 e. The summed E-state index contributed by atoms with van der Waals surface area (Å²) in [6.07, 6.45) is -2.72. The molecular formula is C24H21N2O3PS. The van der Waals surface area contributed by atoms with E-state index in [0.717, 1.165) is 21.6 Å². The third kappa shape index (κ3) is 4.67. The van der Waals surface area contributed by atoms with E-state index in [-0.39, 0.29) is 11.7 Å². The van der Waals surface area contributed by atoms with Crippen molar-refractivity contribution in [2.45, 2.75) is 13.0 Å². The number of nitrogens with one attached hydrogen (secondary N) is 1. The van der Waals surface area contributed by atoms with Gasteiger partial charge in [-0.15, -0.1) is 0 Å². The minimum atomic E-state index is -2.72. The van der Waals surface area contributed by atoms with Gasteiger partial charge in [-0.05, 0) is 59.3 Å². The van der Waals surface area contributed by atoms with Crippen LogP contribution in [0, 0.1) is 10.1 Å². The average Bonchev–Trinajstić information content (AvgIpc) is 2.79. The van der Waals surface area contributed by atoms with Crippen LogP contribution in [0.1, 0.15) is 18.5 Å². The lowest BCUT2D eigenvalue weighted by molar-refractivity contribution is -0.384. The fourth-order valence-corrected chi connectivity index (χ4v) is 6.54. The van der Waals surface area contributed by atoms with Crippen LogP contribution in [0.5, 0.6) is 5.75 Å². The summed E-state index contributed by atoms with van der Waals surface area (Å²) in [7, 11) is 0. The van der Waals surface area contributed by atoms with Gasteiger partial charge in [0, 0.05) is 23.5 Å². The lowest BCUT2D eigenvalue weighted by Gasteiger charge is -2.29. The molecule has 7 heteroatoms. The Morgan fingerprint density at radius 3 is 2.26 bits per heavy atom. The predicted molar refractivity (Wildman–Crippen MR) is 130 cm³/mol. The summed E-state index contributed by atoms with van der Waals surface area (Å²) in [6.45, 7) is 2.07. The van der Waals surface area contributed by atoms with Crippen LogP contribution < -0.4 is 14.9 Å². The molecular weight excluding hydrogens is 427 g/mol. The van der Waals surface area contributed by atoms with Crippen molar-refractivity contribution in [3.8, 4) is 5.75 Å². The normalized spacial score (nSPS) is 14.0. The number of non-ortho nitro benzene ring substituents is 1. The molecule has 4 rings (SSSR count). The molecule has 0 aromatic heterocycles. The van der Waals surface area contributed by atoms with Crippen LogP contribution in [-0.4, -0.2) is 4.92 Å². The van der Waals surface area contributed by atoms with Gasteiger partial charge in [0.15, 0.2) is 0 Å². The van der Waals surface area contributed by atoms with Crippen molar-refractivity contribution in [1.82, 2.24) is 5.09 Å². The fourth-order valence-electron chi connectivity index (χ4n) is 3.51. The Bertz CT molecular complexity index is 1260. The maximum atomic E-state index is 11.0.